The van der Waals surface area contributed by atoms with Gasteiger partial charge in [-0.1, -0.05) is 48.5 Å². The Morgan fingerprint density at radius 2 is 1.60 bits per heavy atom. The molecule has 0 bridgehead atoms. The molecule has 0 aliphatic carbocycles. The Morgan fingerprint density at radius 3 is 2.48 bits per heavy atom. The number of anilines is 1. The smallest absolute Gasteiger partial charge is 0.319 e. The van der Waals surface area contributed by atoms with Crippen molar-refractivity contribution in [1.29, 1.82) is 0 Å². The van der Waals surface area contributed by atoms with Crippen LogP contribution in [0.2, 0.25) is 0 Å². The molecule has 0 fully saturated rings. The second-order valence-corrected chi connectivity index (χ2v) is 6.05. The summed E-state index contributed by atoms with van der Waals surface area (Å²) in [6, 6.07) is 24.0. The number of amides is 2. The number of H-pyrrole nitrogens is 1. The fourth-order valence-electron chi connectivity index (χ4n) is 3.07. The Labute approximate surface area is 145 Å². The first-order valence-electron chi connectivity index (χ1n) is 8.39. The molecule has 0 radical (unpaired) electrons. The maximum Gasteiger partial charge on any atom is 0.319 e. The quantitative estimate of drug-likeness (QED) is 0.500. The van der Waals surface area contributed by atoms with E-state index in [1.54, 1.807) is 0 Å². The second-order valence-electron chi connectivity index (χ2n) is 6.05. The van der Waals surface area contributed by atoms with Crippen molar-refractivity contribution in [2.24, 2.45) is 0 Å². The molecule has 4 nitrogen and oxygen atoms in total. The summed E-state index contributed by atoms with van der Waals surface area (Å²) in [5, 5.41) is 8.08. The van der Waals surface area contributed by atoms with E-state index in [9.17, 15) is 4.79 Å². The van der Waals surface area contributed by atoms with Crippen LogP contribution in [0.3, 0.4) is 0 Å². The van der Waals surface area contributed by atoms with Crippen molar-refractivity contribution in [3.63, 3.8) is 0 Å². The summed E-state index contributed by atoms with van der Waals surface area (Å²) in [4.78, 5) is 15.5. The molecule has 1 aromatic heterocycles. The number of carbonyl (C=O) groups excluding carboxylic acids is 1. The summed E-state index contributed by atoms with van der Waals surface area (Å²) >= 11 is 0. The number of benzene rings is 3. The predicted molar refractivity (Wildman–Crippen MR) is 103 cm³/mol. The van der Waals surface area contributed by atoms with E-state index >= 15 is 0 Å². The molecule has 0 saturated carbocycles. The molecule has 0 unspecified atom stereocenters. The van der Waals surface area contributed by atoms with Crippen molar-refractivity contribution >= 4 is 33.5 Å². The lowest BCUT2D eigenvalue weighted by molar-refractivity contribution is 0.252. The first kappa shape index (κ1) is 15.3. The molecule has 3 aromatic carbocycles. The number of aromatic amines is 1. The van der Waals surface area contributed by atoms with Gasteiger partial charge in [0.1, 0.15) is 0 Å². The number of hydrogen-bond donors (Lipinski definition) is 3. The number of nitrogens with one attached hydrogen (secondary N) is 3. The monoisotopic (exact) mass is 329 g/mol. The zero-order valence-electron chi connectivity index (χ0n) is 13.8. The molecule has 1 heterocycles. The number of carbonyl (C=O) groups is 1. The van der Waals surface area contributed by atoms with Crippen LogP contribution >= 0.6 is 0 Å². The van der Waals surface area contributed by atoms with Gasteiger partial charge in [0.2, 0.25) is 0 Å². The van der Waals surface area contributed by atoms with Gasteiger partial charge in [0.15, 0.2) is 0 Å². The number of aromatic nitrogens is 1. The minimum Gasteiger partial charge on any atom is -0.355 e. The molecule has 4 heteroatoms. The first-order valence-corrected chi connectivity index (χ1v) is 8.39. The minimum atomic E-state index is -0.185. The van der Waals surface area contributed by atoms with E-state index in [2.05, 4.69) is 39.9 Å². The van der Waals surface area contributed by atoms with Gasteiger partial charge in [0, 0.05) is 34.0 Å². The highest BCUT2D eigenvalue weighted by Crippen LogP contribution is 2.27. The van der Waals surface area contributed by atoms with Crippen LogP contribution in [-0.4, -0.2) is 17.6 Å². The first-order chi connectivity index (χ1) is 12.3. The molecule has 2 amide bonds. The molecule has 0 aliphatic heterocycles. The summed E-state index contributed by atoms with van der Waals surface area (Å²) in [7, 11) is 0. The number of urea groups is 1. The van der Waals surface area contributed by atoms with Crippen LogP contribution in [0.1, 0.15) is 5.56 Å². The van der Waals surface area contributed by atoms with Gasteiger partial charge in [-0.15, -0.1) is 0 Å². The summed E-state index contributed by atoms with van der Waals surface area (Å²) in [5.41, 5.74) is 4.16. The lowest BCUT2D eigenvalue weighted by Crippen LogP contribution is -2.30. The number of para-hydroxylation sites is 1. The van der Waals surface area contributed by atoms with Crippen molar-refractivity contribution in [2.75, 3.05) is 11.9 Å². The van der Waals surface area contributed by atoms with Crippen molar-refractivity contribution in [3.05, 3.63) is 78.4 Å². The summed E-state index contributed by atoms with van der Waals surface area (Å²) in [5.74, 6) is 0. The van der Waals surface area contributed by atoms with Crippen LogP contribution in [0.4, 0.5) is 10.5 Å². The van der Waals surface area contributed by atoms with E-state index in [4.69, 9.17) is 0 Å². The van der Waals surface area contributed by atoms with Crippen LogP contribution in [-0.2, 0) is 6.42 Å². The zero-order chi connectivity index (χ0) is 17.1. The molecule has 0 atom stereocenters. The summed E-state index contributed by atoms with van der Waals surface area (Å²) < 4.78 is 0. The Hall–Kier alpha value is -3.27. The summed E-state index contributed by atoms with van der Waals surface area (Å²) in [6.45, 7) is 0.602. The molecule has 4 aromatic rings. The molecule has 3 N–H and O–H groups in total. The third-order valence-electron chi connectivity index (χ3n) is 4.31. The van der Waals surface area contributed by atoms with Crippen LogP contribution in [0.15, 0.2) is 72.8 Å². The lowest BCUT2D eigenvalue weighted by atomic mass is 10.1. The molecule has 0 spiro atoms. The highest BCUT2D eigenvalue weighted by molar-refractivity contribution is 6.08. The zero-order valence-corrected chi connectivity index (χ0v) is 13.8. The van der Waals surface area contributed by atoms with Gasteiger partial charge < -0.3 is 15.6 Å². The Morgan fingerprint density at radius 1 is 0.840 bits per heavy atom. The standard InChI is InChI=1S/C21H19N3O/c25-21(22-13-12-15-6-2-1-3-7-15)23-16-10-11-20-18(14-16)17-8-4-5-9-19(17)24-20/h1-11,14,24H,12-13H2,(H2,22,23,25). The minimum absolute atomic E-state index is 0.185. The Bertz CT molecular complexity index is 1020. The van der Waals surface area contributed by atoms with Crippen molar-refractivity contribution in [3.8, 4) is 0 Å². The highest BCUT2D eigenvalue weighted by Gasteiger charge is 2.06. The third kappa shape index (κ3) is 3.33. The fourth-order valence-corrected chi connectivity index (χ4v) is 3.07. The van der Waals surface area contributed by atoms with E-state index in [-0.39, 0.29) is 6.03 Å². The van der Waals surface area contributed by atoms with Crippen LogP contribution in [0, 0.1) is 0 Å². The molecule has 0 saturated heterocycles. The van der Waals surface area contributed by atoms with Crippen LogP contribution in [0.5, 0.6) is 0 Å². The van der Waals surface area contributed by atoms with Gasteiger partial charge in [0.05, 0.1) is 0 Å². The van der Waals surface area contributed by atoms with Gasteiger partial charge in [-0.2, -0.15) is 0 Å². The third-order valence-corrected chi connectivity index (χ3v) is 4.31. The molecular weight excluding hydrogens is 310 g/mol. The topological polar surface area (TPSA) is 56.9 Å². The van der Waals surface area contributed by atoms with E-state index in [0.29, 0.717) is 6.54 Å². The summed E-state index contributed by atoms with van der Waals surface area (Å²) in [6.07, 6.45) is 0.815. The average molecular weight is 329 g/mol. The van der Waals surface area contributed by atoms with Gasteiger partial charge in [-0.25, -0.2) is 4.79 Å². The average Bonchev–Trinajstić information content (AvgIpc) is 3.01. The van der Waals surface area contributed by atoms with Gasteiger partial charge >= 0.3 is 6.03 Å². The highest BCUT2D eigenvalue weighted by atomic mass is 16.2. The van der Waals surface area contributed by atoms with E-state index in [0.717, 1.165) is 33.9 Å². The van der Waals surface area contributed by atoms with Crippen LogP contribution < -0.4 is 10.6 Å². The normalized spacial score (nSPS) is 10.9. The predicted octanol–water partition coefficient (Wildman–Crippen LogP) is 4.69. The maximum absolute atomic E-state index is 12.1. The lowest BCUT2D eigenvalue weighted by Gasteiger charge is -2.08. The Balaban J connectivity index is 1.43. The molecule has 0 aliphatic rings. The number of hydrogen-bond acceptors (Lipinski definition) is 1. The van der Waals surface area contributed by atoms with E-state index < -0.39 is 0 Å². The van der Waals surface area contributed by atoms with Gasteiger partial charge in [0.25, 0.3) is 0 Å². The SMILES string of the molecule is O=C(NCCc1ccccc1)Nc1ccc2[nH]c3ccccc3c2c1. The largest absolute Gasteiger partial charge is 0.355 e. The fraction of sp³-hybridized carbons (Fsp3) is 0.0952. The Kier molecular flexibility index (Phi) is 4.09. The number of rotatable bonds is 4. The molecule has 124 valence electrons. The second kappa shape index (κ2) is 6.69. The van der Waals surface area contributed by atoms with Gasteiger partial charge in [-0.3, -0.25) is 0 Å². The van der Waals surface area contributed by atoms with Crippen LogP contribution in [0.25, 0.3) is 21.8 Å². The van der Waals surface area contributed by atoms with E-state index in [1.807, 2.05) is 48.5 Å². The van der Waals surface area contributed by atoms with Crippen molar-refractivity contribution in [1.82, 2.24) is 10.3 Å². The van der Waals surface area contributed by atoms with Crippen molar-refractivity contribution < 1.29 is 4.79 Å². The van der Waals surface area contributed by atoms with Gasteiger partial charge in [-0.05, 0) is 36.2 Å². The maximum atomic E-state index is 12.1. The molecule has 4 rings (SSSR count). The molecular formula is C21H19N3O. The number of fused-ring (bicyclic) bond motifs is 3. The van der Waals surface area contributed by atoms with Crippen molar-refractivity contribution in [2.45, 2.75) is 6.42 Å². The van der Waals surface area contributed by atoms with E-state index in [1.165, 1.54) is 5.56 Å². The molecule has 25 heavy (non-hydrogen) atoms.